The average molecular weight is 483 g/mol. The minimum absolute atomic E-state index is 0. The Bertz CT molecular complexity index is 665. The van der Waals surface area contributed by atoms with Gasteiger partial charge in [0.05, 0.1) is 6.54 Å². The maximum atomic E-state index is 5.89. The van der Waals surface area contributed by atoms with Gasteiger partial charge in [0.25, 0.3) is 0 Å². The van der Waals surface area contributed by atoms with Crippen LogP contribution in [0, 0.1) is 0 Å². The Kier molecular flexibility index (Phi) is 12.3. The van der Waals surface area contributed by atoms with Crippen LogP contribution in [-0.2, 0) is 17.9 Å². The Balaban J connectivity index is 0.00000364. The van der Waals surface area contributed by atoms with Crippen molar-refractivity contribution < 1.29 is 9.47 Å². The number of para-hydroxylation sites is 1. The van der Waals surface area contributed by atoms with Crippen molar-refractivity contribution in [1.29, 1.82) is 0 Å². The van der Waals surface area contributed by atoms with Gasteiger partial charge in [0.15, 0.2) is 5.96 Å². The van der Waals surface area contributed by atoms with Gasteiger partial charge >= 0.3 is 0 Å². The second-order valence-corrected chi connectivity index (χ2v) is 5.84. The summed E-state index contributed by atoms with van der Waals surface area (Å²) in [5.41, 5.74) is 2.31. The molecule has 5 nitrogen and oxygen atoms in total. The van der Waals surface area contributed by atoms with Gasteiger partial charge in [-0.1, -0.05) is 42.5 Å². The van der Waals surface area contributed by atoms with E-state index in [1.54, 1.807) is 7.11 Å². The first-order chi connectivity index (χ1) is 12.8. The number of methoxy groups -OCH3 is 1. The third-order valence-corrected chi connectivity index (χ3v) is 3.83. The molecule has 6 heteroatoms. The maximum absolute atomic E-state index is 5.89. The van der Waals surface area contributed by atoms with Crippen LogP contribution >= 0.6 is 24.0 Å². The summed E-state index contributed by atoms with van der Waals surface area (Å²) >= 11 is 0. The van der Waals surface area contributed by atoms with E-state index in [2.05, 4.69) is 29.7 Å². The molecule has 0 spiro atoms. The summed E-state index contributed by atoms with van der Waals surface area (Å²) < 4.78 is 11.0. The van der Waals surface area contributed by atoms with E-state index in [-0.39, 0.29) is 24.0 Å². The molecule has 0 aliphatic carbocycles. The van der Waals surface area contributed by atoms with Crippen LogP contribution in [0.3, 0.4) is 0 Å². The van der Waals surface area contributed by atoms with Crippen molar-refractivity contribution in [2.45, 2.75) is 26.5 Å². The van der Waals surface area contributed by atoms with Gasteiger partial charge in [-0.15, -0.1) is 24.0 Å². The number of nitrogens with zero attached hydrogens (tertiary/aromatic N) is 1. The van der Waals surface area contributed by atoms with Gasteiger partial charge in [-0.25, -0.2) is 4.99 Å². The summed E-state index contributed by atoms with van der Waals surface area (Å²) in [7, 11) is 1.72. The first kappa shape index (κ1) is 23.2. The van der Waals surface area contributed by atoms with Crippen LogP contribution in [0.1, 0.15) is 24.5 Å². The van der Waals surface area contributed by atoms with E-state index in [1.165, 1.54) is 0 Å². The lowest BCUT2D eigenvalue weighted by molar-refractivity contribution is 0.195. The molecule has 0 amide bonds. The van der Waals surface area contributed by atoms with Crippen molar-refractivity contribution in [2.24, 2.45) is 4.99 Å². The van der Waals surface area contributed by atoms with Crippen molar-refractivity contribution in [3.05, 3.63) is 65.7 Å². The van der Waals surface area contributed by atoms with E-state index in [9.17, 15) is 0 Å². The second-order valence-electron chi connectivity index (χ2n) is 5.84. The summed E-state index contributed by atoms with van der Waals surface area (Å²) in [6, 6.07) is 18.1. The normalized spacial score (nSPS) is 10.8. The minimum Gasteiger partial charge on any atom is -0.489 e. The number of aliphatic imine (C=N–C) groups is 1. The third-order valence-electron chi connectivity index (χ3n) is 3.83. The summed E-state index contributed by atoms with van der Waals surface area (Å²) in [6.07, 6.45) is 0.947. The Morgan fingerprint density at radius 3 is 2.37 bits per heavy atom. The van der Waals surface area contributed by atoms with Crippen LogP contribution in [-0.4, -0.2) is 32.8 Å². The largest absolute Gasteiger partial charge is 0.489 e. The van der Waals surface area contributed by atoms with Crippen LogP contribution in [0.5, 0.6) is 5.75 Å². The Hall–Kier alpha value is -1.80. The standard InChI is InChI=1S/C21H29N3O2.HI/c1-3-22-21(23-14-9-15-25-2)24-16-18-10-7-8-11-19(18)17-26-20-12-5-4-6-13-20;/h4-8,10-13H,3,9,14-17H2,1-2H3,(H2,22,23,24);1H. The summed E-state index contributed by atoms with van der Waals surface area (Å²) in [5, 5.41) is 6.60. The fraction of sp³-hybridized carbons (Fsp3) is 0.381. The van der Waals surface area contributed by atoms with Gasteiger partial charge in [-0.2, -0.15) is 0 Å². The minimum atomic E-state index is 0. The van der Waals surface area contributed by atoms with Gasteiger partial charge in [-0.3, -0.25) is 0 Å². The van der Waals surface area contributed by atoms with E-state index in [0.717, 1.165) is 49.0 Å². The molecule has 2 N–H and O–H groups in total. The van der Waals surface area contributed by atoms with Crippen molar-refractivity contribution >= 4 is 29.9 Å². The number of halogens is 1. The molecule has 0 saturated heterocycles. The number of benzene rings is 2. The summed E-state index contributed by atoms with van der Waals surface area (Å²) in [6.45, 7) is 5.61. The number of hydrogen-bond donors (Lipinski definition) is 2. The molecule has 2 aromatic carbocycles. The predicted octanol–water partition coefficient (Wildman–Crippen LogP) is 3.98. The topological polar surface area (TPSA) is 54.9 Å². The van der Waals surface area contributed by atoms with E-state index >= 15 is 0 Å². The highest BCUT2D eigenvalue weighted by atomic mass is 127. The molecular formula is C21H30IN3O2. The molecule has 0 aromatic heterocycles. The number of rotatable bonds is 10. The molecule has 0 atom stereocenters. The molecule has 0 aliphatic rings. The molecule has 2 aromatic rings. The highest BCUT2D eigenvalue weighted by molar-refractivity contribution is 14.0. The highest BCUT2D eigenvalue weighted by Crippen LogP contribution is 2.15. The number of hydrogen-bond acceptors (Lipinski definition) is 3. The molecule has 0 saturated carbocycles. The van der Waals surface area contributed by atoms with E-state index in [1.807, 2.05) is 42.5 Å². The zero-order valence-corrected chi connectivity index (χ0v) is 18.4. The monoisotopic (exact) mass is 483 g/mol. The molecular weight excluding hydrogens is 453 g/mol. The van der Waals surface area contributed by atoms with E-state index in [4.69, 9.17) is 14.5 Å². The highest BCUT2D eigenvalue weighted by Gasteiger charge is 2.04. The summed E-state index contributed by atoms with van der Waals surface area (Å²) in [4.78, 5) is 4.70. The molecule has 148 valence electrons. The SMILES string of the molecule is CCNC(=NCc1ccccc1COc1ccccc1)NCCCOC.I. The van der Waals surface area contributed by atoms with Crippen LogP contribution in [0.25, 0.3) is 0 Å². The van der Waals surface area contributed by atoms with Crippen LogP contribution < -0.4 is 15.4 Å². The molecule has 0 radical (unpaired) electrons. The van der Waals surface area contributed by atoms with E-state index in [0.29, 0.717) is 13.2 Å². The fourth-order valence-corrected chi connectivity index (χ4v) is 2.46. The van der Waals surface area contributed by atoms with Crippen molar-refractivity contribution in [1.82, 2.24) is 10.6 Å². The zero-order chi connectivity index (χ0) is 18.5. The van der Waals surface area contributed by atoms with E-state index < -0.39 is 0 Å². The Morgan fingerprint density at radius 2 is 1.67 bits per heavy atom. The van der Waals surface area contributed by atoms with Gasteiger partial charge < -0.3 is 20.1 Å². The maximum Gasteiger partial charge on any atom is 0.191 e. The Labute approximate surface area is 179 Å². The third kappa shape index (κ3) is 9.10. The smallest absolute Gasteiger partial charge is 0.191 e. The van der Waals surface area contributed by atoms with Gasteiger partial charge in [0.1, 0.15) is 12.4 Å². The van der Waals surface area contributed by atoms with Crippen molar-refractivity contribution in [2.75, 3.05) is 26.8 Å². The lowest BCUT2D eigenvalue weighted by Crippen LogP contribution is -2.38. The molecule has 0 aliphatic heterocycles. The average Bonchev–Trinajstić information content (AvgIpc) is 2.69. The zero-order valence-electron chi connectivity index (χ0n) is 16.1. The van der Waals surface area contributed by atoms with Crippen molar-refractivity contribution in [3.8, 4) is 5.75 Å². The van der Waals surface area contributed by atoms with Crippen LogP contribution in [0.4, 0.5) is 0 Å². The van der Waals surface area contributed by atoms with Crippen molar-refractivity contribution in [3.63, 3.8) is 0 Å². The molecule has 0 unspecified atom stereocenters. The fourth-order valence-electron chi connectivity index (χ4n) is 2.46. The first-order valence-electron chi connectivity index (χ1n) is 9.09. The lowest BCUT2D eigenvalue weighted by Gasteiger charge is -2.13. The number of guanidine groups is 1. The second kappa shape index (κ2) is 14.3. The summed E-state index contributed by atoms with van der Waals surface area (Å²) in [5.74, 6) is 1.70. The molecule has 0 heterocycles. The first-order valence-corrected chi connectivity index (χ1v) is 9.09. The molecule has 27 heavy (non-hydrogen) atoms. The van der Waals surface area contributed by atoms with Gasteiger partial charge in [-0.05, 0) is 36.6 Å². The van der Waals surface area contributed by atoms with Crippen LogP contribution in [0.2, 0.25) is 0 Å². The quantitative estimate of drug-likeness (QED) is 0.233. The number of nitrogens with one attached hydrogen (secondary N) is 2. The van der Waals surface area contributed by atoms with Crippen LogP contribution in [0.15, 0.2) is 59.6 Å². The number of ether oxygens (including phenoxy) is 2. The van der Waals surface area contributed by atoms with Gasteiger partial charge in [0.2, 0.25) is 0 Å². The molecule has 0 fully saturated rings. The lowest BCUT2D eigenvalue weighted by atomic mass is 10.1. The molecule has 0 bridgehead atoms. The predicted molar refractivity (Wildman–Crippen MR) is 122 cm³/mol. The Morgan fingerprint density at radius 1 is 0.963 bits per heavy atom. The van der Waals surface area contributed by atoms with Gasteiger partial charge in [0, 0.05) is 26.8 Å². The molecule has 2 rings (SSSR count).